The molecule has 0 spiro atoms. The third-order valence-electron chi connectivity index (χ3n) is 2.08. The van der Waals surface area contributed by atoms with Crippen molar-refractivity contribution in [3.05, 3.63) is 28.2 Å². The maximum Gasteiger partial charge on any atom is 0.273 e. The van der Waals surface area contributed by atoms with Crippen molar-refractivity contribution in [2.75, 3.05) is 13.1 Å². The summed E-state index contributed by atoms with van der Waals surface area (Å²) in [6.07, 6.45) is 0. The molecule has 1 heterocycles. The number of hydrogen-bond acceptors (Lipinski definition) is 4. The maximum atomic E-state index is 12.0. The lowest BCUT2D eigenvalue weighted by Gasteiger charge is -2.19. The first kappa shape index (κ1) is 12.9. The molecule has 0 aliphatic rings. The van der Waals surface area contributed by atoms with E-state index in [9.17, 15) is 4.79 Å². The van der Waals surface area contributed by atoms with Crippen LogP contribution >= 0.6 is 11.3 Å². The van der Waals surface area contributed by atoms with Crippen LogP contribution in [-0.2, 0) is 6.54 Å². The second-order valence-electron chi connectivity index (χ2n) is 3.61. The van der Waals surface area contributed by atoms with Crippen LogP contribution in [0.4, 0.5) is 0 Å². The fourth-order valence-corrected chi connectivity index (χ4v) is 1.97. The lowest BCUT2D eigenvalue weighted by Crippen LogP contribution is -2.32. The molecule has 0 saturated heterocycles. The predicted molar refractivity (Wildman–Crippen MR) is 66.4 cm³/mol. The van der Waals surface area contributed by atoms with Gasteiger partial charge in [0.25, 0.3) is 5.91 Å². The standard InChI is InChI=1S/C11H17N3OS/c1-4-14(6-8(2)3)11(15)9-7-16-10(5-12)13-9/h7H,2,4-6,12H2,1,3H3. The number of amides is 1. The molecular weight excluding hydrogens is 222 g/mol. The van der Waals surface area contributed by atoms with Gasteiger partial charge in [-0.1, -0.05) is 12.2 Å². The van der Waals surface area contributed by atoms with E-state index in [1.807, 2.05) is 13.8 Å². The molecule has 5 heteroatoms. The van der Waals surface area contributed by atoms with Crippen LogP contribution < -0.4 is 5.73 Å². The zero-order valence-corrected chi connectivity index (χ0v) is 10.5. The first-order valence-electron chi connectivity index (χ1n) is 5.16. The van der Waals surface area contributed by atoms with Crippen LogP contribution in [0.25, 0.3) is 0 Å². The van der Waals surface area contributed by atoms with E-state index in [4.69, 9.17) is 5.73 Å². The van der Waals surface area contributed by atoms with Crippen molar-refractivity contribution in [2.45, 2.75) is 20.4 Å². The molecule has 4 nitrogen and oxygen atoms in total. The monoisotopic (exact) mass is 239 g/mol. The number of likely N-dealkylation sites (N-methyl/N-ethyl adjacent to an activating group) is 1. The van der Waals surface area contributed by atoms with Crippen molar-refractivity contribution < 1.29 is 4.79 Å². The Balaban J connectivity index is 2.78. The molecule has 0 saturated carbocycles. The highest BCUT2D eigenvalue weighted by atomic mass is 32.1. The van der Waals surface area contributed by atoms with Gasteiger partial charge in [0, 0.05) is 25.0 Å². The number of hydrogen-bond donors (Lipinski definition) is 1. The summed E-state index contributed by atoms with van der Waals surface area (Å²) in [5.41, 5.74) is 6.90. The fourth-order valence-electron chi connectivity index (χ4n) is 1.32. The van der Waals surface area contributed by atoms with Crippen molar-refractivity contribution in [3.8, 4) is 0 Å². The van der Waals surface area contributed by atoms with Crippen LogP contribution in [0.2, 0.25) is 0 Å². The van der Waals surface area contributed by atoms with Crippen molar-refractivity contribution >= 4 is 17.2 Å². The van der Waals surface area contributed by atoms with E-state index < -0.39 is 0 Å². The fraction of sp³-hybridized carbons (Fsp3) is 0.455. The second kappa shape index (κ2) is 5.77. The summed E-state index contributed by atoms with van der Waals surface area (Å²) in [5, 5.41) is 2.54. The van der Waals surface area contributed by atoms with Gasteiger partial charge < -0.3 is 10.6 Å². The van der Waals surface area contributed by atoms with Gasteiger partial charge >= 0.3 is 0 Å². The van der Waals surface area contributed by atoms with Crippen LogP contribution in [0.3, 0.4) is 0 Å². The molecular formula is C11H17N3OS. The van der Waals surface area contributed by atoms with Gasteiger partial charge in [0.2, 0.25) is 0 Å². The molecule has 0 atom stereocenters. The summed E-state index contributed by atoms with van der Waals surface area (Å²) < 4.78 is 0. The largest absolute Gasteiger partial charge is 0.334 e. The zero-order chi connectivity index (χ0) is 12.1. The number of aromatic nitrogens is 1. The van der Waals surface area contributed by atoms with Gasteiger partial charge in [0.1, 0.15) is 10.7 Å². The lowest BCUT2D eigenvalue weighted by atomic mass is 10.3. The molecule has 1 aromatic heterocycles. The maximum absolute atomic E-state index is 12.0. The van der Waals surface area contributed by atoms with Gasteiger partial charge in [-0.15, -0.1) is 11.3 Å². The highest BCUT2D eigenvalue weighted by Crippen LogP contribution is 2.12. The number of carbonyl (C=O) groups excluding carboxylic acids is 1. The highest BCUT2D eigenvalue weighted by Gasteiger charge is 2.16. The first-order chi connectivity index (χ1) is 7.58. The van der Waals surface area contributed by atoms with Crippen molar-refractivity contribution in [1.29, 1.82) is 0 Å². The third kappa shape index (κ3) is 3.15. The van der Waals surface area contributed by atoms with Gasteiger partial charge in [0.15, 0.2) is 0 Å². The van der Waals surface area contributed by atoms with Gasteiger partial charge in [-0.3, -0.25) is 4.79 Å². The third-order valence-corrected chi connectivity index (χ3v) is 2.95. The summed E-state index contributed by atoms with van der Waals surface area (Å²) in [7, 11) is 0. The Kier molecular flexibility index (Phi) is 4.64. The van der Waals surface area contributed by atoms with Crippen molar-refractivity contribution in [1.82, 2.24) is 9.88 Å². The molecule has 0 fully saturated rings. The van der Waals surface area contributed by atoms with Crippen LogP contribution in [-0.4, -0.2) is 28.9 Å². The minimum absolute atomic E-state index is 0.0542. The molecule has 16 heavy (non-hydrogen) atoms. The smallest absolute Gasteiger partial charge is 0.273 e. The molecule has 0 bridgehead atoms. The molecule has 1 aromatic rings. The van der Waals surface area contributed by atoms with Gasteiger partial charge in [0.05, 0.1) is 0 Å². The molecule has 0 radical (unpaired) electrons. The minimum Gasteiger partial charge on any atom is -0.334 e. The lowest BCUT2D eigenvalue weighted by molar-refractivity contribution is 0.0773. The van der Waals surface area contributed by atoms with Gasteiger partial charge in [-0.2, -0.15) is 0 Å². The zero-order valence-electron chi connectivity index (χ0n) is 9.69. The SMILES string of the molecule is C=C(C)CN(CC)C(=O)c1csc(CN)n1. The summed E-state index contributed by atoms with van der Waals surface area (Å²) in [6, 6.07) is 0. The van der Waals surface area contributed by atoms with E-state index in [-0.39, 0.29) is 5.91 Å². The van der Waals surface area contributed by atoms with E-state index >= 15 is 0 Å². The molecule has 0 aromatic carbocycles. The Morgan fingerprint density at radius 1 is 1.69 bits per heavy atom. The molecule has 0 aliphatic carbocycles. The number of nitrogens with zero attached hydrogens (tertiary/aromatic N) is 2. The summed E-state index contributed by atoms with van der Waals surface area (Å²) >= 11 is 1.42. The van der Waals surface area contributed by atoms with E-state index in [1.165, 1.54) is 11.3 Å². The van der Waals surface area contributed by atoms with E-state index in [2.05, 4.69) is 11.6 Å². The van der Waals surface area contributed by atoms with Crippen LogP contribution in [0.15, 0.2) is 17.5 Å². The number of carbonyl (C=O) groups is 1. The van der Waals surface area contributed by atoms with Crippen LogP contribution in [0.5, 0.6) is 0 Å². The van der Waals surface area contributed by atoms with Gasteiger partial charge in [-0.25, -0.2) is 4.98 Å². The molecule has 1 rings (SSSR count). The molecule has 1 amide bonds. The van der Waals surface area contributed by atoms with E-state index in [0.29, 0.717) is 25.3 Å². The Labute approximate surface area is 99.8 Å². The molecule has 0 unspecified atom stereocenters. The number of rotatable bonds is 5. The molecule has 0 aliphatic heterocycles. The first-order valence-corrected chi connectivity index (χ1v) is 6.04. The summed E-state index contributed by atoms with van der Waals surface area (Å²) in [5.74, 6) is -0.0542. The quantitative estimate of drug-likeness (QED) is 0.795. The average Bonchev–Trinajstić information content (AvgIpc) is 2.73. The average molecular weight is 239 g/mol. The normalized spacial score (nSPS) is 10.2. The van der Waals surface area contributed by atoms with Crippen molar-refractivity contribution in [3.63, 3.8) is 0 Å². The highest BCUT2D eigenvalue weighted by molar-refractivity contribution is 7.09. The predicted octanol–water partition coefficient (Wildman–Crippen LogP) is 1.64. The molecule has 88 valence electrons. The summed E-state index contributed by atoms with van der Waals surface area (Å²) in [6.45, 7) is 9.26. The Hall–Kier alpha value is -1.20. The van der Waals surface area contributed by atoms with E-state index in [0.717, 1.165) is 10.6 Å². The molecule has 2 N–H and O–H groups in total. The van der Waals surface area contributed by atoms with Crippen LogP contribution in [0.1, 0.15) is 29.3 Å². The topological polar surface area (TPSA) is 59.2 Å². The second-order valence-corrected chi connectivity index (χ2v) is 4.55. The Bertz CT molecular complexity index is 386. The number of nitrogens with two attached hydrogens (primary N) is 1. The Morgan fingerprint density at radius 2 is 2.38 bits per heavy atom. The van der Waals surface area contributed by atoms with Crippen molar-refractivity contribution in [2.24, 2.45) is 5.73 Å². The Morgan fingerprint density at radius 3 is 2.81 bits per heavy atom. The van der Waals surface area contributed by atoms with Gasteiger partial charge in [-0.05, 0) is 13.8 Å². The van der Waals surface area contributed by atoms with Crippen LogP contribution in [0, 0.1) is 0 Å². The summed E-state index contributed by atoms with van der Waals surface area (Å²) in [4.78, 5) is 17.9. The van der Waals surface area contributed by atoms with E-state index in [1.54, 1.807) is 10.3 Å². The number of thiazole rings is 1. The minimum atomic E-state index is -0.0542.